The van der Waals surface area contributed by atoms with Crippen molar-refractivity contribution < 1.29 is 24.2 Å². The van der Waals surface area contributed by atoms with Gasteiger partial charge in [-0.05, 0) is 53.1 Å². The third-order valence-corrected chi connectivity index (χ3v) is 7.65. The number of aromatic carboxylic acids is 1. The van der Waals surface area contributed by atoms with Gasteiger partial charge in [0, 0.05) is 69.7 Å². The Bertz CT molecular complexity index is 1580. The second kappa shape index (κ2) is 13.6. The van der Waals surface area contributed by atoms with Crippen molar-refractivity contribution in [2.45, 2.75) is 6.54 Å². The van der Waals surface area contributed by atoms with Crippen molar-refractivity contribution in [3.05, 3.63) is 107 Å². The van der Waals surface area contributed by atoms with Crippen molar-refractivity contribution in [3.8, 4) is 28.4 Å². The molecule has 1 amide bonds. The minimum atomic E-state index is -1.07. The Morgan fingerprint density at radius 2 is 1.58 bits per heavy atom. The molecule has 4 aromatic carbocycles. The summed E-state index contributed by atoms with van der Waals surface area (Å²) in [5.74, 6) is -0.133. The minimum absolute atomic E-state index is 0.0651. The minimum Gasteiger partial charge on any atom is -0.484 e. The zero-order chi connectivity index (χ0) is 30.3. The lowest BCUT2D eigenvalue weighted by atomic mass is 9.99. The molecule has 0 atom stereocenters. The first-order valence-corrected chi connectivity index (χ1v) is 14.4. The number of carboxylic acids is 1. The van der Waals surface area contributed by atoms with Crippen molar-refractivity contribution in [2.24, 2.45) is 0 Å². The van der Waals surface area contributed by atoms with Gasteiger partial charge in [0.05, 0.1) is 0 Å². The van der Waals surface area contributed by atoms with Crippen molar-refractivity contribution in [1.82, 2.24) is 9.80 Å². The van der Waals surface area contributed by atoms with Gasteiger partial charge < -0.3 is 24.4 Å². The zero-order valence-corrected chi connectivity index (χ0v) is 25.0. The number of nitrogens with zero attached hydrogens (tertiary/aromatic N) is 3. The molecule has 8 nitrogen and oxygen atoms in total. The highest BCUT2D eigenvalue weighted by Gasteiger charge is 2.21. The van der Waals surface area contributed by atoms with Crippen LogP contribution in [0.2, 0.25) is 5.02 Å². The van der Waals surface area contributed by atoms with Gasteiger partial charge in [-0.15, -0.1) is 0 Å². The summed E-state index contributed by atoms with van der Waals surface area (Å²) in [5, 5.41) is 10.5. The van der Waals surface area contributed by atoms with Gasteiger partial charge in [0.15, 0.2) is 6.61 Å². The molecule has 1 aliphatic heterocycles. The summed E-state index contributed by atoms with van der Waals surface area (Å²) in [4.78, 5) is 30.0. The summed E-state index contributed by atoms with van der Waals surface area (Å²) in [6.07, 6.45) is 0. The number of rotatable bonds is 10. The topological polar surface area (TPSA) is 82.6 Å². The Morgan fingerprint density at radius 1 is 0.860 bits per heavy atom. The van der Waals surface area contributed by atoms with Crippen molar-refractivity contribution in [3.63, 3.8) is 0 Å². The maximum atomic E-state index is 12.0. The second-order valence-electron chi connectivity index (χ2n) is 10.6. The number of amides is 1. The molecule has 43 heavy (non-hydrogen) atoms. The van der Waals surface area contributed by atoms with Gasteiger partial charge in [0.2, 0.25) is 0 Å². The van der Waals surface area contributed by atoms with E-state index in [4.69, 9.17) is 21.1 Å². The van der Waals surface area contributed by atoms with E-state index in [2.05, 4.69) is 46.2 Å². The molecule has 1 fully saturated rings. The van der Waals surface area contributed by atoms with Gasteiger partial charge in [-0.25, -0.2) is 4.79 Å². The van der Waals surface area contributed by atoms with Crippen LogP contribution in [0.15, 0.2) is 91.0 Å². The van der Waals surface area contributed by atoms with Gasteiger partial charge in [0.25, 0.3) is 5.91 Å². The highest BCUT2D eigenvalue weighted by molar-refractivity contribution is 6.30. The van der Waals surface area contributed by atoms with Crippen LogP contribution in [0, 0.1) is 0 Å². The maximum absolute atomic E-state index is 12.0. The van der Waals surface area contributed by atoms with Crippen LogP contribution in [0.4, 0.5) is 5.69 Å². The molecular formula is C34H34ClN3O5. The van der Waals surface area contributed by atoms with Gasteiger partial charge in [-0.1, -0.05) is 54.1 Å². The standard InChI is InChI=1S/C34H34ClN3O5/c1-36(2)33(39)23-42-28-7-5-8-29(21-28)43-32-20-27(14-15-31(32)34(40)41)38-18-16-37(17-19-38)22-25-6-3-4-9-30(25)24-10-12-26(35)13-11-24/h3-15,20-21H,16-19,22-23H2,1-2H3,(H,40,41). The van der Waals surface area contributed by atoms with Crippen LogP contribution in [0.1, 0.15) is 15.9 Å². The first-order chi connectivity index (χ1) is 20.8. The molecule has 1 aliphatic rings. The first kappa shape index (κ1) is 29.9. The lowest BCUT2D eigenvalue weighted by molar-refractivity contribution is -0.130. The van der Waals surface area contributed by atoms with E-state index in [-0.39, 0.29) is 23.8 Å². The van der Waals surface area contributed by atoms with E-state index in [0.717, 1.165) is 49.0 Å². The fourth-order valence-corrected chi connectivity index (χ4v) is 5.10. The number of halogens is 1. The normalized spacial score (nSPS) is 13.4. The third-order valence-electron chi connectivity index (χ3n) is 7.39. The van der Waals surface area contributed by atoms with E-state index in [1.807, 2.05) is 18.2 Å². The molecule has 0 radical (unpaired) electrons. The van der Waals surface area contributed by atoms with E-state index < -0.39 is 5.97 Å². The molecular weight excluding hydrogens is 566 g/mol. The Hall–Kier alpha value is -4.53. The number of hydrogen-bond acceptors (Lipinski definition) is 6. The fourth-order valence-electron chi connectivity index (χ4n) is 4.97. The van der Waals surface area contributed by atoms with Gasteiger partial charge in [-0.3, -0.25) is 9.69 Å². The molecule has 9 heteroatoms. The molecule has 0 aliphatic carbocycles. The predicted octanol–water partition coefficient (Wildman–Crippen LogP) is 6.29. The van der Waals surface area contributed by atoms with Crippen LogP contribution >= 0.6 is 11.6 Å². The molecule has 1 saturated heterocycles. The summed E-state index contributed by atoms with van der Waals surface area (Å²) in [6.45, 7) is 4.02. The summed E-state index contributed by atoms with van der Waals surface area (Å²) >= 11 is 6.10. The number of anilines is 1. The smallest absolute Gasteiger partial charge is 0.339 e. The van der Waals surface area contributed by atoms with Crippen LogP contribution < -0.4 is 14.4 Å². The quantitative estimate of drug-likeness (QED) is 0.229. The summed E-state index contributed by atoms with van der Waals surface area (Å²) in [6, 6.07) is 28.4. The maximum Gasteiger partial charge on any atom is 0.339 e. The second-order valence-corrected chi connectivity index (χ2v) is 11.0. The highest BCUT2D eigenvalue weighted by Crippen LogP contribution is 2.33. The fraction of sp³-hybridized carbons (Fsp3) is 0.235. The van der Waals surface area contributed by atoms with Crippen molar-refractivity contribution >= 4 is 29.2 Å². The first-order valence-electron chi connectivity index (χ1n) is 14.1. The molecule has 0 bridgehead atoms. The van der Waals surface area contributed by atoms with Crippen LogP contribution in [0.25, 0.3) is 11.1 Å². The third kappa shape index (κ3) is 7.66. The molecule has 0 saturated carbocycles. The summed E-state index contributed by atoms with van der Waals surface area (Å²) in [7, 11) is 3.32. The molecule has 222 valence electrons. The number of carboxylic acid groups (broad SMARTS) is 1. The monoisotopic (exact) mass is 599 g/mol. The number of carbonyl (C=O) groups is 2. The molecule has 1 N–H and O–H groups in total. The zero-order valence-electron chi connectivity index (χ0n) is 24.2. The predicted molar refractivity (Wildman–Crippen MR) is 168 cm³/mol. The van der Waals surface area contributed by atoms with E-state index in [0.29, 0.717) is 11.5 Å². The van der Waals surface area contributed by atoms with Crippen LogP contribution in [-0.2, 0) is 11.3 Å². The Morgan fingerprint density at radius 3 is 2.30 bits per heavy atom. The number of piperazine rings is 1. The highest BCUT2D eigenvalue weighted by atomic mass is 35.5. The average Bonchev–Trinajstić information content (AvgIpc) is 3.01. The van der Waals surface area contributed by atoms with E-state index in [1.165, 1.54) is 16.0 Å². The van der Waals surface area contributed by atoms with Crippen molar-refractivity contribution in [1.29, 1.82) is 0 Å². The summed E-state index contributed by atoms with van der Waals surface area (Å²) in [5.41, 5.74) is 4.56. The lowest BCUT2D eigenvalue weighted by Crippen LogP contribution is -2.46. The van der Waals surface area contributed by atoms with Crippen LogP contribution in [0.3, 0.4) is 0 Å². The molecule has 5 rings (SSSR count). The number of benzene rings is 4. The number of carbonyl (C=O) groups excluding carboxylic acids is 1. The summed E-state index contributed by atoms with van der Waals surface area (Å²) < 4.78 is 11.6. The van der Waals surface area contributed by atoms with Gasteiger partial charge in [-0.2, -0.15) is 0 Å². The van der Waals surface area contributed by atoms with E-state index in [1.54, 1.807) is 50.5 Å². The number of ether oxygens (including phenoxy) is 2. The number of likely N-dealkylation sites (N-methyl/N-ethyl adjacent to an activating group) is 1. The number of hydrogen-bond donors (Lipinski definition) is 1. The molecule has 4 aromatic rings. The largest absolute Gasteiger partial charge is 0.484 e. The Balaban J connectivity index is 1.26. The van der Waals surface area contributed by atoms with Crippen LogP contribution in [-0.4, -0.2) is 73.7 Å². The van der Waals surface area contributed by atoms with Gasteiger partial charge >= 0.3 is 5.97 Å². The SMILES string of the molecule is CN(C)C(=O)COc1cccc(Oc2cc(N3CCN(Cc4ccccc4-c4ccc(Cl)cc4)CC3)ccc2C(=O)O)c1. The molecule has 0 spiro atoms. The Labute approximate surface area is 256 Å². The lowest BCUT2D eigenvalue weighted by Gasteiger charge is -2.36. The average molecular weight is 600 g/mol. The van der Waals surface area contributed by atoms with Gasteiger partial charge in [0.1, 0.15) is 22.8 Å². The molecule has 1 heterocycles. The Kier molecular flexibility index (Phi) is 9.49. The van der Waals surface area contributed by atoms with E-state index in [9.17, 15) is 14.7 Å². The molecule has 0 unspecified atom stereocenters. The van der Waals surface area contributed by atoms with E-state index >= 15 is 0 Å². The van der Waals surface area contributed by atoms with Crippen LogP contribution in [0.5, 0.6) is 17.2 Å². The van der Waals surface area contributed by atoms with Crippen molar-refractivity contribution in [2.75, 3.05) is 51.8 Å². The molecule has 0 aromatic heterocycles.